The van der Waals surface area contributed by atoms with E-state index in [1.165, 1.54) is 9.80 Å². The van der Waals surface area contributed by atoms with Crippen LogP contribution in [0, 0.1) is 6.92 Å². The first-order valence-electron chi connectivity index (χ1n) is 7.18. The molecule has 2 saturated heterocycles. The Morgan fingerprint density at radius 1 is 1.26 bits per heavy atom. The predicted molar refractivity (Wildman–Crippen MR) is 77.4 cm³/mol. The highest BCUT2D eigenvalue weighted by Gasteiger charge is 2.45. The second-order valence-electron chi connectivity index (χ2n) is 5.46. The first kappa shape index (κ1) is 15.9. The molecule has 1 aromatic carbocycles. The van der Waals surface area contributed by atoms with Crippen molar-refractivity contribution in [3.05, 3.63) is 31.2 Å². The van der Waals surface area contributed by atoms with Crippen molar-refractivity contribution in [3.8, 4) is 0 Å². The Kier molecular flexibility index (Phi) is 4.09. The highest BCUT2D eigenvalue weighted by Crippen LogP contribution is 2.33. The van der Waals surface area contributed by atoms with Gasteiger partial charge >= 0.3 is 12.3 Å². The zero-order chi connectivity index (χ0) is 16.6. The van der Waals surface area contributed by atoms with Gasteiger partial charge < -0.3 is 14.4 Å². The summed E-state index contributed by atoms with van der Waals surface area (Å²) in [5, 5.41) is 0. The molecule has 1 amide bonds. The van der Waals surface area contributed by atoms with Gasteiger partial charge in [0.25, 0.3) is 0 Å². The number of rotatable bonds is 2. The SMILES string of the molecule is [CH2][C@H]1CN(c2cccc(N3CCOC[C@H]3C(F)(F)F)c2)C(=O)O1. The van der Waals surface area contributed by atoms with Crippen LogP contribution in [0.15, 0.2) is 24.3 Å². The quantitative estimate of drug-likeness (QED) is 0.836. The third-order valence-electron chi connectivity index (χ3n) is 3.85. The van der Waals surface area contributed by atoms with Gasteiger partial charge in [-0.3, -0.25) is 4.90 Å². The second-order valence-corrected chi connectivity index (χ2v) is 5.46. The fourth-order valence-corrected chi connectivity index (χ4v) is 2.76. The summed E-state index contributed by atoms with van der Waals surface area (Å²) < 4.78 is 49.5. The van der Waals surface area contributed by atoms with Gasteiger partial charge in [-0.2, -0.15) is 13.2 Å². The highest BCUT2D eigenvalue weighted by atomic mass is 19.4. The lowest BCUT2D eigenvalue weighted by Crippen LogP contribution is -2.53. The lowest BCUT2D eigenvalue weighted by Gasteiger charge is -2.38. The number of hydrogen-bond acceptors (Lipinski definition) is 4. The lowest BCUT2D eigenvalue weighted by molar-refractivity contribution is -0.167. The molecule has 0 aromatic heterocycles. The minimum Gasteiger partial charge on any atom is -0.444 e. The molecule has 2 atom stereocenters. The normalized spacial score (nSPS) is 25.7. The molecule has 5 nitrogen and oxygen atoms in total. The van der Waals surface area contributed by atoms with E-state index in [0.717, 1.165) is 0 Å². The highest BCUT2D eigenvalue weighted by molar-refractivity contribution is 5.90. The number of hydrogen-bond donors (Lipinski definition) is 0. The van der Waals surface area contributed by atoms with Crippen molar-refractivity contribution >= 4 is 17.5 Å². The lowest BCUT2D eigenvalue weighted by atomic mass is 10.1. The smallest absolute Gasteiger partial charge is 0.414 e. The van der Waals surface area contributed by atoms with Crippen molar-refractivity contribution in [3.63, 3.8) is 0 Å². The Morgan fingerprint density at radius 2 is 2.00 bits per heavy atom. The first-order valence-corrected chi connectivity index (χ1v) is 7.18. The molecule has 0 saturated carbocycles. The number of ether oxygens (including phenoxy) is 2. The minimum absolute atomic E-state index is 0.135. The molecule has 0 aliphatic carbocycles. The summed E-state index contributed by atoms with van der Waals surface area (Å²) in [5.41, 5.74) is 0.888. The number of anilines is 2. The van der Waals surface area contributed by atoms with E-state index >= 15 is 0 Å². The molecule has 2 fully saturated rings. The van der Waals surface area contributed by atoms with Crippen molar-refractivity contribution in [2.24, 2.45) is 0 Å². The maximum atomic E-state index is 13.2. The van der Waals surface area contributed by atoms with Crippen molar-refractivity contribution in [1.82, 2.24) is 0 Å². The second kappa shape index (κ2) is 5.92. The monoisotopic (exact) mass is 329 g/mol. The standard InChI is InChI=1S/C15H16F3N2O3/c1-10-8-20(14(21)23-10)12-4-2-3-11(7-12)19-5-6-22-9-13(19)15(16,17)18/h2-4,7,10,13H,1,5-6,8-9H2/t10-,13-/m0/s1. The number of carbonyl (C=O) groups excluding carboxylic acids is 1. The van der Waals surface area contributed by atoms with Crippen LogP contribution in [-0.4, -0.2) is 50.7 Å². The van der Waals surface area contributed by atoms with Crippen LogP contribution in [0.1, 0.15) is 0 Å². The van der Waals surface area contributed by atoms with Gasteiger partial charge in [0.1, 0.15) is 12.1 Å². The average Bonchev–Trinajstić information content (AvgIpc) is 2.85. The maximum absolute atomic E-state index is 13.2. The summed E-state index contributed by atoms with van der Waals surface area (Å²) in [5.74, 6) is 0. The van der Waals surface area contributed by atoms with Gasteiger partial charge in [0.15, 0.2) is 0 Å². The fraction of sp³-hybridized carbons (Fsp3) is 0.467. The van der Waals surface area contributed by atoms with Crippen LogP contribution in [-0.2, 0) is 9.47 Å². The molecule has 125 valence electrons. The number of halogens is 3. The van der Waals surface area contributed by atoms with E-state index in [9.17, 15) is 18.0 Å². The van der Waals surface area contributed by atoms with Crippen LogP contribution in [0.25, 0.3) is 0 Å². The van der Waals surface area contributed by atoms with Gasteiger partial charge in [0, 0.05) is 17.9 Å². The number of benzene rings is 1. The van der Waals surface area contributed by atoms with Crippen LogP contribution >= 0.6 is 0 Å². The van der Waals surface area contributed by atoms with Crippen molar-refractivity contribution in [2.75, 3.05) is 36.1 Å². The minimum atomic E-state index is -4.39. The maximum Gasteiger partial charge on any atom is 0.414 e. The first-order chi connectivity index (χ1) is 10.9. The summed E-state index contributed by atoms with van der Waals surface area (Å²) >= 11 is 0. The average molecular weight is 329 g/mol. The molecule has 0 bridgehead atoms. The molecule has 0 spiro atoms. The molecule has 2 aliphatic rings. The zero-order valence-electron chi connectivity index (χ0n) is 12.3. The third kappa shape index (κ3) is 3.21. The van der Waals surface area contributed by atoms with Crippen LogP contribution in [0.3, 0.4) is 0 Å². The number of nitrogens with zero attached hydrogens (tertiary/aromatic N) is 2. The molecule has 3 rings (SSSR count). The molecular formula is C15H16F3N2O3. The van der Waals surface area contributed by atoms with Gasteiger partial charge in [-0.05, 0) is 25.1 Å². The van der Waals surface area contributed by atoms with Gasteiger partial charge in [-0.15, -0.1) is 0 Å². The Bertz CT molecular complexity index is 594. The van der Waals surface area contributed by atoms with Gasteiger partial charge in [0.2, 0.25) is 0 Å². The Morgan fingerprint density at radius 3 is 2.65 bits per heavy atom. The number of amides is 1. The third-order valence-corrected chi connectivity index (χ3v) is 3.85. The molecule has 2 heterocycles. The van der Waals surface area contributed by atoms with Crippen LogP contribution in [0.2, 0.25) is 0 Å². The van der Waals surface area contributed by atoms with Gasteiger partial charge in [-0.25, -0.2) is 4.79 Å². The van der Waals surface area contributed by atoms with Crippen LogP contribution < -0.4 is 9.80 Å². The van der Waals surface area contributed by atoms with E-state index in [1.54, 1.807) is 24.3 Å². The summed E-state index contributed by atoms with van der Waals surface area (Å²) in [6.45, 7) is 3.89. The van der Waals surface area contributed by atoms with E-state index in [1.807, 2.05) is 0 Å². The molecule has 0 N–H and O–H groups in total. The molecule has 0 unspecified atom stereocenters. The van der Waals surface area contributed by atoms with E-state index in [-0.39, 0.29) is 19.7 Å². The van der Waals surface area contributed by atoms with Crippen molar-refractivity contribution < 1.29 is 27.4 Å². The number of cyclic esters (lactones) is 1. The Hall–Kier alpha value is -1.96. The Labute approximate surface area is 131 Å². The summed E-state index contributed by atoms with van der Waals surface area (Å²) in [6.07, 6.45) is -5.42. The fourth-order valence-electron chi connectivity index (χ4n) is 2.76. The van der Waals surface area contributed by atoms with E-state index in [4.69, 9.17) is 9.47 Å². The zero-order valence-corrected chi connectivity index (χ0v) is 12.3. The van der Waals surface area contributed by atoms with Gasteiger partial charge in [0.05, 0.1) is 19.8 Å². The molecule has 2 aliphatic heterocycles. The van der Waals surface area contributed by atoms with Crippen molar-refractivity contribution in [2.45, 2.75) is 18.3 Å². The largest absolute Gasteiger partial charge is 0.444 e. The summed E-state index contributed by atoms with van der Waals surface area (Å²) in [6, 6.07) is 4.74. The number of morpholine rings is 1. The molecule has 1 aromatic rings. The number of carbonyl (C=O) groups is 1. The molecule has 1 radical (unpaired) electrons. The summed E-state index contributed by atoms with van der Waals surface area (Å²) in [4.78, 5) is 14.4. The topological polar surface area (TPSA) is 42.0 Å². The van der Waals surface area contributed by atoms with Crippen LogP contribution in [0.5, 0.6) is 0 Å². The molecular weight excluding hydrogens is 313 g/mol. The van der Waals surface area contributed by atoms with E-state index in [2.05, 4.69) is 6.92 Å². The van der Waals surface area contributed by atoms with Crippen molar-refractivity contribution in [1.29, 1.82) is 0 Å². The molecule has 23 heavy (non-hydrogen) atoms. The van der Waals surface area contributed by atoms with E-state index < -0.39 is 31.0 Å². The van der Waals surface area contributed by atoms with Gasteiger partial charge in [-0.1, -0.05) is 6.07 Å². The predicted octanol–water partition coefficient (Wildman–Crippen LogP) is 2.61. The Balaban J connectivity index is 1.88. The summed E-state index contributed by atoms with van der Waals surface area (Å²) in [7, 11) is 0. The molecule has 8 heteroatoms. The van der Waals surface area contributed by atoms with Crippen LogP contribution in [0.4, 0.5) is 29.3 Å². The number of alkyl halides is 3. The van der Waals surface area contributed by atoms with E-state index in [0.29, 0.717) is 11.4 Å².